The minimum atomic E-state index is -1.12. The Hall–Kier alpha value is -2.97. The summed E-state index contributed by atoms with van der Waals surface area (Å²) in [7, 11) is 1.28. The number of aromatic nitrogens is 1. The molecule has 8 heteroatoms. The van der Waals surface area contributed by atoms with E-state index < -0.39 is 12.3 Å². The van der Waals surface area contributed by atoms with Crippen LogP contribution in [0.3, 0.4) is 0 Å². The van der Waals surface area contributed by atoms with E-state index >= 15 is 0 Å². The Bertz CT molecular complexity index is 895. The Morgan fingerprint density at radius 3 is 2.33 bits per heavy atom. The maximum atomic E-state index is 12.9. The Morgan fingerprint density at radius 1 is 1.11 bits per heavy atom. The average molecular weight is 389 g/mol. The van der Waals surface area contributed by atoms with E-state index in [1.54, 1.807) is 29.6 Å². The number of thiazole rings is 1. The zero-order valence-corrected chi connectivity index (χ0v) is 15.1. The highest BCUT2D eigenvalue weighted by atomic mass is 32.1. The lowest BCUT2D eigenvalue weighted by Gasteiger charge is -2.13. The van der Waals surface area contributed by atoms with Crippen molar-refractivity contribution in [1.82, 2.24) is 4.98 Å². The first-order valence-electron chi connectivity index (χ1n) is 7.94. The van der Waals surface area contributed by atoms with E-state index in [0.29, 0.717) is 22.3 Å². The van der Waals surface area contributed by atoms with Gasteiger partial charge in [0.1, 0.15) is 23.1 Å². The molecule has 0 aliphatic rings. The molecule has 3 aromatic rings. The standard InChI is InChI=1S/C19H16FNO5S/c1-24-19(23)16-11-27-17(21-16)10-18(22)26-15-8-6-14(7-9-15)25-13-4-2-12(20)3-5-13/h2-9,11,18,22H,10H2,1H3. The molecule has 0 fully saturated rings. The minimum Gasteiger partial charge on any atom is -0.465 e. The van der Waals surface area contributed by atoms with E-state index in [0.717, 1.165) is 0 Å². The number of benzene rings is 2. The van der Waals surface area contributed by atoms with Crippen LogP contribution < -0.4 is 9.47 Å². The van der Waals surface area contributed by atoms with Gasteiger partial charge in [-0.25, -0.2) is 14.2 Å². The molecule has 1 heterocycles. The summed E-state index contributed by atoms with van der Waals surface area (Å²) in [5.41, 5.74) is 0.201. The molecule has 140 valence electrons. The number of ether oxygens (including phenoxy) is 3. The number of rotatable bonds is 7. The fourth-order valence-corrected chi connectivity index (χ4v) is 2.96. The molecule has 1 unspecified atom stereocenters. The van der Waals surface area contributed by atoms with Crippen LogP contribution in [0.4, 0.5) is 4.39 Å². The number of nitrogens with zero attached hydrogens (tertiary/aromatic N) is 1. The summed E-state index contributed by atoms with van der Waals surface area (Å²) in [6, 6.07) is 12.3. The van der Waals surface area contributed by atoms with Crippen LogP contribution in [0.2, 0.25) is 0 Å². The second-order valence-corrected chi connectivity index (χ2v) is 6.36. The molecule has 0 saturated carbocycles. The molecule has 0 amide bonds. The van der Waals surface area contributed by atoms with E-state index in [1.165, 1.54) is 42.7 Å². The van der Waals surface area contributed by atoms with Crippen molar-refractivity contribution in [1.29, 1.82) is 0 Å². The molecule has 27 heavy (non-hydrogen) atoms. The van der Waals surface area contributed by atoms with Gasteiger partial charge in [0.05, 0.1) is 18.5 Å². The number of esters is 1. The van der Waals surface area contributed by atoms with Gasteiger partial charge in [-0.1, -0.05) is 0 Å². The van der Waals surface area contributed by atoms with Gasteiger partial charge in [0.15, 0.2) is 5.69 Å². The van der Waals surface area contributed by atoms with Crippen molar-refractivity contribution in [3.05, 3.63) is 70.4 Å². The molecule has 1 aromatic heterocycles. The lowest BCUT2D eigenvalue weighted by molar-refractivity contribution is -0.0159. The number of aliphatic hydroxyl groups is 1. The van der Waals surface area contributed by atoms with Gasteiger partial charge >= 0.3 is 5.97 Å². The summed E-state index contributed by atoms with van der Waals surface area (Å²) in [6.45, 7) is 0. The number of methoxy groups -OCH3 is 1. The first-order chi connectivity index (χ1) is 13.0. The first kappa shape index (κ1) is 18.8. The van der Waals surface area contributed by atoms with Crippen LogP contribution in [0.15, 0.2) is 53.9 Å². The molecule has 0 aliphatic carbocycles. The van der Waals surface area contributed by atoms with Crippen LogP contribution in [0.25, 0.3) is 0 Å². The van der Waals surface area contributed by atoms with Gasteiger partial charge in [-0.05, 0) is 48.5 Å². The summed E-state index contributed by atoms with van der Waals surface area (Å²) in [4.78, 5) is 15.5. The van der Waals surface area contributed by atoms with Crippen molar-refractivity contribution in [3.63, 3.8) is 0 Å². The zero-order chi connectivity index (χ0) is 19.2. The Balaban J connectivity index is 1.55. The van der Waals surface area contributed by atoms with Crippen LogP contribution >= 0.6 is 11.3 Å². The number of halogens is 1. The fraction of sp³-hybridized carbons (Fsp3) is 0.158. The van der Waals surface area contributed by atoms with Crippen LogP contribution in [0, 0.1) is 5.82 Å². The average Bonchev–Trinajstić information content (AvgIpc) is 3.13. The number of aliphatic hydroxyl groups excluding tert-OH is 1. The SMILES string of the molecule is COC(=O)c1csc(CC(O)Oc2ccc(Oc3ccc(F)cc3)cc2)n1. The number of hydrogen-bond donors (Lipinski definition) is 1. The summed E-state index contributed by atoms with van der Waals surface area (Å²) in [5, 5.41) is 12.2. The molecule has 2 aromatic carbocycles. The Morgan fingerprint density at radius 2 is 1.70 bits per heavy atom. The molecule has 6 nitrogen and oxygen atoms in total. The van der Waals surface area contributed by atoms with E-state index in [2.05, 4.69) is 9.72 Å². The normalized spacial score (nSPS) is 11.7. The van der Waals surface area contributed by atoms with E-state index in [1.807, 2.05) is 0 Å². The molecule has 1 N–H and O–H groups in total. The second-order valence-electron chi connectivity index (χ2n) is 5.42. The van der Waals surface area contributed by atoms with Gasteiger partial charge < -0.3 is 19.3 Å². The Labute approximate surface area is 158 Å². The topological polar surface area (TPSA) is 77.9 Å². The molecule has 1 atom stereocenters. The predicted molar refractivity (Wildman–Crippen MR) is 96.7 cm³/mol. The van der Waals surface area contributed by atoms with Crippen molar-refractivity contribution >= 4 is 17.3 Å². The molecule has 3 rings (SSSR count). The maximum absolute atomic E-state index is 12.9. The molecule has 0 aliphatic heterocycles. The van der Waals surface area contributed by atoms with Crippen LogP contribution in [-0.4, -0.2) is 29.5 Å². The third-order valence-corrected chi connectivity index (χ3v) is 4.31. The van der Waals surface area contributed by atoms with Crippen molar-refractivity contribution < 1.29 is 28.5 Å². The van der Waals surface area contributed by atoms with Gasteiger partial charge in [-0.3, -0.25) is 0 Å². The monoisotopic (exact) mass is 389 g/mol. The number of hydrogen-bond acceptors (Lipinski definition) is 7. The molecule has 0 saturated heterocycles. The minimum absolute atomic E-state index is 0.134. The van der Waals surface area contributed by atoms with Gasteiger partial charge in [0.25, 0.3) is 0 Å². The largest absolute Gasteiger partial charge is 0.465 e. The molecule has 0 bridgehead atoms. The van der Waals surface area contributed by atoms with Crippen LogP contribution in [0.1, 0.15) is 15.5 Å². The zero-order valence-electron chi connectivity index (χ0n) is 14.3. The summed E-state index contributed by atoms with van der Waals surface area (Å²) >= 11 is 1.24. The van der Waals surface area contributed by atoms with Gasteiger partial charge in [-0.2, -0.15) is 0 Å². The molecular weight excluding hydrogens is 373 g/mol. The van der Waals surface area contributed by atoms with Crippen LogP contribution in [0.5, 0.6) is 17.2 Å². The van der Waals surface area contributed by atoms with Gasteiger partial charge in [0.2, 0.25) is 6.29 Å². The number of carbonyl (C=O) groups is 1. The van der Waals surface area contributed by atoms with Crippen molar-refractivity contribution in [2.24, 2.45) is 0 Å². The fourth-order valence-electron chi connectivity index (χ4n) is 2.18. The van der Waals surface area contributed by atoms with E-state index in [4.69, 9.17) is 9.47 Å². The summed E-state index contributed by atoms with van der Waals surface area (Å²) in [6.07, 6.45) is -0.985. The third-order valence-electron chi connectivity index (χ3n) is 3.44. The van der Waals surface area contributed by atoms with Crippen LogP contribution in [-0.2, 0) is 11.2 Å². The smallest absolute Gasteiger partial charge is 0.357 e. The maximum Gasteiger partial charge on any atom is 0.357 e. The second kappa shape index (κ2) is 8.61. The predicted octanol–water partition coefficient (Wildman–Crippen LogP) is 3.80. The van der Waals surface area contributed by atoms with E-state index in [-0.39, 0.29) is 17.9 Å². The highest BCUT2D eigenvalue weighted by Gasteiger charge is 2.14. The number of carbonyl (C=O) groups excluding carboxylic acids is 1. The molecule has 0 radical (unpaired) electrons. The highest BCUT2D eigenvalue weighted by Crippen LogP contribution is 2.24. The van der Waals surface area contributed by atoms with Crippen molar-refractivity contribution in [2.75, 3.05) is 7.11 Å². The lowest BCUT2D eigenvalue weighted by Crippen LogP contribution is -2.18. The third kappa shape index (κ3) is 5.25. The van der Waals surface area contributed by atoms with Gasteiger partial charge in [-0.15, -0.1) is 11.3 Å². The van der Waals surface area contributed by atoms with Crippen molar-refractivity contribution in [2.45, 2.75) is 12.7 Å². The Kier molecular flexibility index (Phi) is 6.00. The first-order valence-corrected chi connectivity index (χ1v) is 8.82. The van der Waals surface area contributed by atoms with Gasteiger partial charge in [0, 0.05) is 5.38 Å². The molecular formula is C19H16FNO5S. The lowest BCUT2D eigenvalue weighted by atomic mass is 10.3. The van der Waals surface area contributed by atoms with Crippen molar-refractivity contribution in [3.8, 4) is 17.2 Å². The van der Waals surface area contributed by atoms with E-state index in [9.17, 15) is 14.3 Å². The molecule has 0 spiro atoms. The summed E-state index contributed by atoms with van der Waals surface area (Å²) < 4.78 is 28.5. The highest BCUT2D eigenvalue weighted by molar-refractivity contribution is 7.09. The quantitative estimate of drug-likeness (QED) is 0.489. The summed E-state index contributed by atoms with van der Waals surface area (Å²) in [5.74, 6) is 0.642.